The predicted octanol–water partition coefficient (Wildman–Crippen LogP) is 3.56. The van der Waals surface area contributed by atoms with Gasteiger partial charge in [0.1, 0.15) is 0 Å². The SMILES string of the molecule is O=C(N1CCCC1)[C@]1(Cc2ccc(-c3cccs3)cc2)CCNC1. The number of carbonyl (C=O) groups excluding carboxylic acids is 1. The molecule has 3 heterocycles. The minimum atomic E-state index is -0.241. The van der Waals surface area contributed by atoms with Crippen molar-refractivity contribution >= 4 is 17.2 Å². The molecule has 1 amide bonds. The van der Waals surface area contributed by atoms with Crippen molar-refractivity contribution in [3.05, 3.63) is 47.3 Å². The first-order valence-electron chi connectivity index (χ1n) is 8.90. The average molecular weight is 340 g/mol. The van der Waals surface area contributed by atoms with Crippen molar-refractivity contribution in [2.45, 2.75) is 25.7 Å². The summed E-state index contributed by atoms with van der Waals surface area (Å²) in [7, 11) is 0. The van der Waals surface area contributed by atoms with Gasteiger partial charge in [-0.1, -0.05) is 30.3 Å². The second kappa shape index (κ2) is 6.69. The van der Waals surface area contributed by atoms with E-state index in [1.165, 1.54) is 16.0 Å². The molecule has 1 aromatic heterocycles. The van der Waals surface area contributed by atoms with Crippen LogP contribution in [0, 0.1) is 5.41 Å². The van der Waals surface area contributed by atoms with Crippen molar-refractivity contribution in [2.24, 2.45) is 5.41 Å². The Morgan fingerprint density at radius 2 is 1.96 bits per heavy atom. The molecule has 0 unspecified atom stereocenters. The molecule has 4 rings (SSSR count). The van der Waals surface area contributed by atoms with Crippen LogP contribution in [-0.4, -0.2) is 37.0 Å². The Morgan fingerprint density at radius 1 is 1.17 bits per heavy atom. The molecule has 0 saturated carbocycles. The molecule has 24 heavy (non-hydrogen) atoms. The minimum Gasteiger partial charge on any atom is -0.342 e. The van der Waals surface area contributed by atoms with Gasteiger partial charge in [0, 0.05) is 24.5 Å². The number of benzene rings is 1. The fraction of sp³-hybridized carbons (Fsp3) is 0.450. The fourth-order valence-electron chi connectivity index (χ4n) is 4.03. The number of hydrogen-bond acceptors (Lipinski definition) is 3. The van der Waals surface area contributed by atoms with Gasteiger partial charge >= 0.3 is 0 Å². The van der Waals surface area contributed by atoms with Crippen LogP contribution >= 0.6 is 11.3 Å². The molecule has 2 aromatic rings. The maximum atomic E-state index is 13.1. The molecule has 1 N–H and O–H groups in total. The predicted molar refractivity (Wildman–Crippen MR) is 99.2 cm³/mol. The van der Waals surface area contributed by atoms with Crippen molar-refractivity contribution in [2.75, 3.05) is 26.2 Å². The van der Waals surface area contributed by atoms with Gasteiger partial charge in [-0.3, -0.25) is 4.79 Å². The maximum Gasteiger partial charge on any atom is 0.230 e. The molecule has 0 radical (unpaired) electrons. The van der Waals surface area contributed by atoms with Crippen molar-refractivity contribution in [3.8, 4) is 10.4 Å². The number of nitrogens with one attached hydrogen (secondary N) is 1. The molecule has 2 aliphatic rings. The number of likely N-dealkylation sites (tertiary alicyclic amines) is 1. The van der Waals surface area contributed by atoms with E-state index in [0.717, 1.165) is 51.9 Å². The third kappa shape index (κ3) is 3.01. The minimum absolute atomic E-state index is 0.241. The fourth-order valence-corrected chi connectivity index (χ4v) is 4.76. The van der Waals surface area contributed by atoms with E-state index in [2.05, 4.69) is 52.0 Å². The molecule has 2 fully saturated rings. The van der Waals surface area contributed by atoms with E-state index in [1.54, 1.807) is 11.3 Å². The quantitative estimate of drug-likeness (QED) is 0.923. The van der Waals surface area contributed by atoms with Gasteiger partial charge in [0.05, 0.1) is 5.41 Å². The monoisotopic (exact) mass is 340 g/mol. The zero-order chi connectivity index (χ0) is 16.4. The van der Waals surface area contributed by atoms with Crippen LogP contribution in [0.4, 0.5) is 0 Å². The summed E-state index contributed by atoms with van der Waals surface area (Å²) in [5.74, 6) is 0.368. The van der Waals surface area contributed by atoms with Gasteiger partial charge in [0.15, 0.2) is 0 Å². The lowest BCUT2D eigenvalue weighted by molar-refractivity contribution is -0.140. The Kier molecular flexibility index (Phi) is 4.42. The van der Waals surface area contributed by atoms with Gasteiger partial charge in [0.25, 0.3) is 0 Å². The van der Waals surface area contributed by atoms with Crippen molar-refractivity contribution < 1.29 is 4.79 Å². The normalized spacial score (nSPS) is 23.8. The molecule has 2 aliphatic heterocycles. The Hall–Kier alpha value is -1.65. The number of nitrogens with zero attached hydrogens (tertiary/aromatic N) is 1. The largest absolute Gasteiger partial charge is 0.342 e. The molecule has 4 heteroatoms. The van der Waals surface area contributed by atoms with E-state index in [0.29, 0.717) is 5.91 Å². The first-order chi connectivity index (χ1) is 11.8. The highest BCUT2D eigenvalue weighted by Gasteiger charge is 2.44. The van der Waals surface area contributed by atoms with E-state index in [9.17, 15) is 4.79 Å². The van der Waals surface area contributed by atoms with Crippen molar-refractivity contribution in [1.82, 2.24) is 10.2 Å². The van der Waals surface area contributed by atoms with Gasteiger partial charge in [-0.2, -0.15) is 0 Å². The van der Waals surface area contributed by atoms with Crippen LogP contribution in [-0.2, 0) is 11.2 Å². The van der Waals surface area contributed by atoms with Gasteiger partial charge in [-0.25, -0.2) is 0 Å². The summed E-state index contributed by atoms with van der Waals surface area (Å²) in [5, 5.41) is 5.53. The standard InChI is InChI=1S/C20H24N2OS/c23-19(22-11-1-2-12-22)20(9-10-21-15-20)14-16-5-7-17(8-6-16)18-4-3-13-24-18/h3-8,13,21H,1-2,9-12,14-15H2/t20-/m0/s1. The smallest absolute Gasteiger partial charge is 0.230 e. The molecule has 126 valence electrons. The summed E-state index contributed by atoms with van der Waals surface area (Å²) < 4.78 is 0. The van der Waals surface area contributed by atoms with Crippen LogP contribution < -0.4 is 5.32 Å². The van der Waals surface area contributed by atoms with Gasteiger partial charge < -0.3 is 10.2 Å². The Morgan fingerprint density at radius 3 is 2.58 bits per heavy atom. The molecule has 0 bridgehead atoms. The van der Waals surface area contributed by atoms with Crippen molar-refractivity contribution in [1.29, 1.82) is 0 Å². The maximum absolute atomic E-state index is 13.1. The molecule has 3 nitrogen and oxygen atoms in total. The summed E-state index contributed by atoms with van der Waals surface area (Å²) in [6.45, 7) is 3.65. The van der Waals surface area contributed by atoms with E-state index < -0.39 is 0 Å². The van der Waals surface area contributed by atoms with Crippen LogP contribution in [0.2, 0.25) is 0 Å². The molecule has 1 aromatic carbocycles. The second-order valence-corrected chi connectivity index (χ2v) is 8.01. The molecule has 2 saturated heterocycles. The Balaban J connectivity index is 1.53. The van der Waals surface area contributed by atoms with E-state index in [4.69, 9.17) is 0 Å². The van der Waals surface area contributed by atoms with E-state index in [1.807, 2.05) is 0 Å². The highest BCUT2D eigenvalue weighted by molar-refractivity contribution is 7.13. The first kappa shape index (κ1) is 15.9. The highest BCUT2D eigenvalue weighted by Crippen LogP contribution is 2.34. The van der Waals surface area contributed by atoms with Gasteiger partial charge in [-0.15, -0.1) is 11.3 Å². The Labute approximate surface area is 147 Å². The van der Waals surface area contributed by atoms with E-state index >= 15 is 0 Å². The topological polar surface area (TPSA) is 32.3 Å². The third-order valence-electron chi connectivity index (χ3n) is 5.39. The highest BCUT2D eigenvalue weighted by atomic mass is 32.1. The number of carbonyl (C=O) groups is 1. The number of hydrogen-bond donors (Lipinski definition) is 1. The molecule has 1 atom stereocenters. The summed E-state index contributed by atoms with van der Waals surface area (Å²) >= 11 is 1.76. The summed E-state index contributed by atoms with van der Waals surface area (Å²) in [6, 6.07) is 13.0. The molecule has 0 spiro atoms. The third-order valence-corrected chi connectivity index (χ3v) is 6.31. The van der Waals surface area contributed by atoms with E-state index in [-0.39, 0.29) is 5.41 Å². The van der Waals surface area contributed by atoms with Crippen LogP contribution in [0.15, 0.2) is 41.8 Å². The van der Waals surface area contributed by atoms with Crippen LogP contribution in [0.5, 0.6) is 0 Å². The zero-order valence-corrected chi connectivity index (χ0v) is 14.8. The lowest BCUT2D eigenvalue weighted by Gasteiger charge is -2.32. The zero-order valence-electron chi connectivity index (χ0n) is 14.0. The first-order valence-corrected chi connectivity index (χ1v) is 9.78. The Bertz CT molecular complexity index is 681. The molecular weight excluding hydrogens is 316 g/mol. The van der Waals surface area contributed by atoms with Crippen LogP contribution in [0.25, 0.3) is 10.4 Å². The van der Waals surface area contributed by atoms with Gasteiger partial charge in [-0.05, 0) is 54.8 Å². The van der Waals surface area contributed by atoms with Gasteiger partial charge in [0.2, 0.25) is 5.91 Å². The van der Waals surface area contributed by atoms with Crippen molar-refractivity contribution in [3.63, 3.8) is 0 Å². The average Bonchev–Trinajstić information content (AvgIpc) is 3.37. The summed E-state index contributed by atoms with van der Waals surface area (Å²) in [6.07, 6.45) is 4.12. The summed E-state index contributed by atoms with van der Waals surface area (Å²) in [4.78, 5) is 16.5. The lowest BCUT2D eigenvalue weighted by Crippen LogP contribution is -2.45. The second-order valence-electron chi connectivity index (χ2n) is 7.06. The number of thiophene rings is 1. The lowest BCUT2D eigenvalue weighted by atomic mass is 9.79. The van der Waals surface area contributed by atoms with Crippen LogP contribution in [0.1, 0.15) is 24.8 Å². The molecular formula is C20H24N2OS. The molecule has 0 aliphatic carbocycles. The summed E-state index contributed by atoms with van der Waals surface area (Å²) in [5.41, 5.74) is 2.29. The van der Waals surface area contributed by atoms with Crippen LogP contribution in [0.3, 0.4) is 0 Å². The number of amides is 1. The number of rotatable bonds is 4.